The van der Waals surface area contributed by atoms with E-state index in [9.17, 15) is 9.59 Å². The first-order valence-electron chi connectivity index (χ1n) is 15.0. The minimum atomic E-state index is -1.26. The van der Waals surface area contributed by atoms with Gasteiger partial charge in [-0.3, -0.25) is 9.59 Å². The number of fused-ring (bicyclic) bond motifs is 3. The van der Waals surface area contributed by atoms with Crippen LogP contribution in [0.4, 0.5) is 0 Å². The maximum atomic E-state index is 14.9. The number of nitrogens with zero attached hydrogens (tertiary/aromatic N) is 2. The molecule has 1 aliphatic heterocycles. The number of amides is 2. The maximum absolute atomic E-state index is 14.9. The predicted molar refractivity (Wildman–Crippen MR) is 164 cm³/mol. The molecule has 7 nitrogen and oxygen atoms in total. The van der Waals surface area contributed by atoms with Crippen molar-refractivity contribution in [2.24, 2.45) is 0 Å². The monoisotopic (exact) mass is 565 g/mol. The minimum Gasteiger partial charge on any atom is -0.497 e. The summed E-state index contributed by atoms with van der Waals surface area (Å²) in [6.45, 7) is 0.574. The van der Waals surface area contributed by atoms with Crippen molar-refractivity contribution >= 4 is 22.7 Å². The predicted octanol–water partition coefficient (Wildman–Crippen LogP) is 6.44. The third kappa shape index (κ3) is 5.13. The molecule has 42 heavy (non-hydrogen) atoms. The number of benzene rings is 3. The van der Waals surface area contributed by atoms with Crippen LogP contribution in [0.15, 0.2) is 78.9 Å². The SMILES string of the molecule is COc1ccc(CN2C(=O)c3cc4ccc(OC)cc4n3CC2(C(=O)NC2CCCCCCC2)c2ccccc2)cc1. The molecule has 1 N–H and O–H groups in total. The van der Waals surface area contributed by atoms with Gasteiger partial charge in [0, 0.05) is 24.0 Å². The third-order valence-corrected chi connectivity index (χ3v) is 8.99. The number of aromatic nitrogens is 1. The van der Waals surface area contributed by atoms with Gasteiger partial charge in [0.1, 0.15) is 17.2 Å². The Bertz CT molecular complexity index is 1550. The largest absolute Gasteiger partial charge is 0.497 e. The van der Waals surface area contributed by atoms with Crippen molar-refractivity contribution in [3.8, 4) is 11.5 Å². The molecule has 0 radical (unpaired) electrons. The summed E-state index contributed by atoms with van der Waals surface area (Å²) < 4.78 is 12.9. The average molecular weight is 566 g/mol. The Morgan fingerprint density at radius 2 is 1.52 bits per heavy atom. The molecule has 3 aromatic carbocycles. The van der Waals surface area contributed by atoms with Crippen molar-refractivity contribution in [3.05, 3.63) is 95.7 Å². The highest BCUT2D eigenvalue weighted by atomic mass is 16.5. The Morgan fingerprint density at radius 1 is 0.857 bits per heavy atom. The van der Waals surface area contributed by atoms with Crippen LogP contribution in [0.2, 0.25) is 0 Å². The first kappa shape index (κ1) is 27.9. The van der Waals surface area contributed by atoms with Crippen molar-refractivity contribution in [1.29, 1.82) is 0 Å². The molecule has 4 aromatic rings. The highest BCUT2D eigenvalue weighted by molar-refractivity contribution is 6.04. The van der Waals surface area contributed by atoms with Crippen molar-refractivity contribution in [2.75, 3.05) is 14.2 Å². The van der Waals surface area contributed by atoms with Crippen LogP contribution in [0.1, 0.15) is 66.6 Å². The van der Waals surface area contributed by atoms with E-state index in [1.54, 1.807) is 19.1 Å². The Morgan fingerprint density at radius 3 is 2.21 bits per heavy atom. The van der Waals surface area contributed by atoms with E-state index >= 15 is 0 Å². The molecule has 1 aliphatic carbocycles. The quantitative estimate of drug-likeness (QED) is 0.280. The molecule has 2 aliphatic rings. The second-order valence-electron chi connectivity index (χ2n) is 11.5. The zero-order valence-corrected chi connectivity index (χ0v) is 24.5. The summed E-state index contributed by atoms with van der Waals surface area (Å²) in [6.07, 6.45) is 7.76. The summed E-state index contributed by atoms with van der Waals surface area (Å²) in [5, 5.41) is 4.39. The maximum Gasteiger partial charge on any atom is 0.272 e. The average Bonchev–Trinajstić information content (AvgIpc) is 3.38. The molecule has 0 spiro atoms. The van der Waals surface area contributed by atoms with Crippen LogP contribution >= 0.6 is 0 Å². The van der Waals surface area contributed by atoms with Gasteiger partial charge in [-0.1, -0.05) is 74.6 Å². The molecule has 218 valence electrons. The second-order valence-corrected chi connectivity index (χ2v) is 11.5. The number of nitrogens with one attached hydrogen (secondary N) is 1. The summed E-state index contributed by atoms with van der Waals surface area (Å²) >= 11 is 0. The molecule has 0 bridgehead atoms. The van der Waals surface area contributed by atoms with Gasteiger partial charge in [0.2, 0.25) is 0 Å². The van der Waals surface area contributed by atoms with Gasteiger partial charge in [-0.2, -0.15) is 0 Å². The smallest absolute Gasteiger partial charge is 0.272 e. The van der Waals surface area contributed by atoms with E-state index in [2.05, 4.69) is 5.32 Å². The second kappa shape index (κ2) is 11.9. The standard InChI is InChI=1S/C35H39N3O4/c1-41-29-18-15-25(16-19-29)23-38-33(39)32-21-26-17-20-30(42-2)22-31(26)37(32)24-35(38,27-11-7-6-8-12-27)34(40)36-28-13-9-4-3-5-10-14-28/h6-8,11-12,15-22,28H,3-5,9-10,13-14,23-24H2,1-2H3,(H,36,40). The van der Waals surface area contributed by atoms with Crippen LogP contribution in [0.3, 0.4) is 0 Å². The molecule has 1 atom stereocenters. The number of rotatable bonds is 7. The van der Waals surface area contributed by atoms with Crippen molar-refractivity contribution in [3.63, 3.8) is 0 Å². The molecule has 1 aromatic heterocycles. The van der Waals surface area contributed by atoms with E-state index in [-0.39, 0.29) is 24.4 Å². The molecule has 7 heteroatoms. The topological polar surface area (TPSA) is 72.8 Å². The van der Waals surface area contributed by atoms with E-state index in [1.807, 2.05) is 83.4 Å². The van der Waals surface area contributed by atoms with Gasteiger partial charge in [0.05, 0.1) is 26.3 Å². The zero-order valence-electron chi connectivity index (χ0n) is 24.5. The number of hydrogen-bond acceptors (Lipinski definition) is 4. The van der Waals surface area contributed by atoms with E-state index < -0.39 is 5.54 Å². The van der Waals surface area contributed by atoms with Gasteiger partial charge in [-0.15, -0.1) is 0 Å². The fourth-order valence-electron chi connectivity index (χ4n) is 6.65. The zero-order chi connectivity index (χ0) is 29.1. The number of carbonyl (C=O) groups excluding carboxylic acids is 2. The lowest BCUT2D eigenvalue weighted by atomic mass is 9.83. The number of carbonyl (C=O) groups is 2. The lowest BCUT2D eigenvalue weighted by Crippen LogP contribution is -2.64. The first-order chi connectivity index (χ1) is 20.5. The molecular weight excluding hydrogens is 526 g/mol. The molecular formula is C35H39N3O4. The number of ether oxygens (including phenoxy) is 2. The first-order valence-corrected chi connectivity index (χ1v) is 15.0. The molecule has 0 saturated heterocycles. The summed E-state index contributed by atoms with van der Waals surface area (Å²) in [5.74, 6) is 1.15. The molecule has 2 heterocycles. The van der Waals surface area contributed by atoms with Gasteiger partial charge in [0.15, 0.2) is 5.54 Å². The number of methoxy groups -OCH3 is 2. The molecule has 1 saturated carbocycles. The van der Waals surface area contributed by atoms with Gasteiger partial charge < -0.3 is 24.3 Å². The molecule has 6 rings (SSSR count). The fraction of sp³-hybridized carbons (Fsp3) is 0.371. The summed E-state index contributed by atoms with van der Waals surface area (Å²) in [4.78, 5) is 31.3. The van der Waals surface area contributed by atoms with Crippen LogP contribution in [0, 0.1) is 0 Å². The van der Waals surface area contributed by atoms with Crippen LogP contribution in [-0.2, 0) is 23.4 Å². The normalized spacial score (nSPS) is 19.6. The Labute approximate surface area is 247 Å². The van der Waals surface area contributed by atoms with Gasteiger partial charge in [0.25, 0.3) is 11.8 Å². The van der Waals surface area contributed by atoms with E-state index in [1.165, 1.54) is 19.3 Å². The van der Waals surface area contributed by atoms with Crippen LogP contribution < -0.4 is 14.8 Å². The van der Waals surface area contributed by atoms with Crippen LogP contribution in [-0.4, -0.2) is 41.5 Å². The van der Waals surface area contributed by atoms with Crippen molar-refractivity contribution in [1.82, 2.24) is 14.8 Å². The van der Waals surface area contributed by atoms with Gasteiger partial charge in [-0.25, -0.2) is 0 Å². The highest BCUT2D eigenvalue weighted by Crippen LogP contribution is 2.41. The van der Waals surface area contributed by atoms with E-state index in [4.69, 9.17) is 9.47 Å². The van der Waals surface area contributed by atoms with Crippen molar-refractivity contribution < 1.29 is 19.1 Å². The van der Waals surface area contributed by atoms with Gasteiger partial charge >= 0.3 is 0 Å². The van der Waals surface area contributed by atoms with Crippen LogP contribution in [0.25, 0.3) is 10.9 Å². The minimum absolute atomic E-state index is 0.0826. The summed E-state index contributed by atoms with van der Waals surface area (Å²) in [5.41, 5.74) is 1.90. The third-order valence-electron chi connectivity index (χ3n) is 8.99. The van der Waals surface area contributed by atoms with E-state index in [0.29, 0.717) is 18.0 Å². The Balaban J connectivity index is 1.51. The molecule has 1 fully saturated rings. The van der Waals surface area contributed by atoms with Gasteiger partial charge in [-0.05, 0) is 54.3 Å². The lowest BCUT2D eigenvalue weighted by molar-refractivity contribution is -0.136. The molecule has 2 amide bonds. The molecule has 1 unspecified atom stereocenters. The summed E-state index contributed by atoms with van der Waals surface area (Å²) in [7, 11) is 3.27. The highest BCUT2D eigenvalue weighted by Gasteiger charge is 2.52. The van der Waals surface area contributed by atoms with Crippen LogP contribution in [0.5, 0.6) is 11.5 Å². The fourth-order valence-corrected chi connectivity index (χ4v) is 6.65. The van der Waals surface area contributed by atoms with Crippen molar-refractivity contribution in [2.45, 2.75) is 69.6 Å². The Hall–Kier alpha value is -4.26. The lowest BCUT2D eigenvalue weighted by Gasteiger charge is -2.47. The number of hydrogen-bond donors (Lipinski definition) is 1. The Kier molecular flexibility index (Phi) is 7.92. The van der Waals surface area contributed by atoms with E-state index in [0.717, 1.165) is 53.5 Å². The summed E-state index contributed by atoms with van der Waals surface area (Å²) in [6, 6.07) is 25.3.